The van der Waals surface area contributed by atoms with Crippen LogP contribution in [-0.4, -0.2) is 11.2 Å². The highest BCUT2D eigenvalue weighted by Crippen LogP contribution is 2.42. The fourth-order valence-electron chi connectivity index (χ4n) is 2.63. The van der Waals surface area contributed by atoms with Crippen molar-refractivity contribution in [2.45, 2.75) is 13.3 Å². The number of aldehydes is 1. The van der Waals surface area contributed by atoms with E-state index in [0.717, 1.165) is 16.7 Å². The Bertz CT molecular complexity index is 883. The number of carbonyl (C=O) groups is 1. The van der Waals surface area contributed by atoms with Crippen molar-refractivity contribution >= 4 is 23.3 Å². The minimum Gasteiger partial charge on any atom is -0.297 e. The van der Waals surface area contributed by atoms with Crippen LogP contribution in [-0.2, 0) is 6.42 Å². The van der Waals surface area contributed by atoms with Crippen LogP contribution in [0.1, 0.15) is 26.4 Å². The van der Waals surface area contributed by atoms with Gasteiger partial charge in [-0.3, -0.25) is 14.9 Å². The Morgan fingerprint density at radius 1 is 1.08 bits per heavy atom. The summed E-state index contributed by atoms with van der Waals surface area (Å²) in [7, 11) is 0. The van der Waals surface area contributed by atoms with E-state index in [4.69, 9.17) is 0 Å². The van der Waals surface area contributed by atoms with E-state index >= 15 is 0 Å². The normalized spacial score (nSPS) is 10.5. The molecule has 3 aromatic rings. The van der Waals surface area contributed by atoms with E-state index in [9.17, 15) is 14.9 Å². The predicted molar refractivity (Wildman–Crippen MR) is 95.8 cm³/mol. The summed E-state index contributed by atoms with van der Waals surface area (Å²) in [4.78, 5) is 23.8. The largest absolute Gasteiger partial charge is 0.297 e. The molecule has 3 rings (SSSR count). The number of hydrogen-bond acceptors (Lipinski definition) is 4. The number of benzene rings is 2. The van der Waals surface area contributed by atoms with Crippen LogP contribution in [0.2, 0.25) is 0 Å². The van der Waals surface area contributed by atoms with Crippen LogP contribution >= 0.6 is 11.3 Å². The summed E-state index contributed by atoms with van der Waals surface area (Å²) < 4.78 is 0. The van der Waals surface area contributed by atoms with Gasteiger partial charge in [-0.05, 0) is 18.1 Å². The highest BCUT2D eigenvalue weighted by Gasteiger charge is 2.28. The van der Waals surface area contributed by atoms with Crippen molar-refractivity contribution in [3.05, 3.63) is 86.3 Å². The molecule has 0 atom stereocenters. The van der Waals surface area contributed by atoms with Crippen molar-refractivity contribution in [3.8, 4) is 10.4 Å². The van der Waals surface area contributed by atoms with Crippen LogP contribution in [0, 0.1) is 17.0 Å². The maximum absolute atomic E-state index is 11.7. The smallest absolute Gasteiger partial charge is 0.292 e. The Labute approximate surface area is 143 Å². The van der Waals surface area contributed by atoms with Gasteiger partial charge >= 0.3 is 0 Å². The van der Waals surface area contributed by atoms with E-state index < -0.39 is 0 Å². The van der Waals surface area contributed by atoms with Crippen molar-refractivity contribution in [2.24, 2.45) is 0 Å². The topological polar surface area (TPSA) is 60.2 Å². The predicted octanol–water partition coefficient (Wildman–Crippen LogP) is 5.04. The highest BCUT2D eigenvalue weighted by atomic mass is 32.1. The molecule has 0 radical (unpaired) electrons. The van der Waals surface area contributed by atoms with Gasteiger partial charge in [0.15, 0.2) is 6.29 Å². The lowest BCUT2D eigenvalue weighted by Gasteiger charge is -2.02. The standard InChI is InChI=1S/C19H15NO3S/c1-13-7-9-15(10-8-13)19-18(20(22)23)16(17(12-21)24-19)11-14-5-3-2-4-6-14/h2-10,12H,11H2,1H3. The van der Waals surface area contributed by atoms with Crippen molar-refractivity contribution in [1.82, 2.24) is 0 Å². The molecular weight excluding hydrogens is 322 g/mol. The lowest BCUT2D eigenvalue weighted by molar-refractivity contribution is -0.384. The first-order chi connectivity index (χ1) is 11.6. The highest BCUT2D eigenvalue weighted by molar-refractivity contribution is 7.17. The Morgan fingerprint density at radius 2 is 1.75 bits per heavy atom. The van der Waals surface area contributed by atoms with Gasteiger partial charge in [0.1, 0.15) is 4.88 Å². The lowest BCUT2D eigenvalue weighted by atomic mass is 10.0. The zero-order chi connectivity index (χ0) is 17.1. The lowest BCUT2D eigenvalue weighted by Crippen LogP contribution is -1.97. The molecule has 1 aromatic heterocycles. The molecule has 0 bridgehead atoms. The fourth-order valence-corrected chi connectivity index (χ4v) is 3.74. The van der Waals surface area contributed by atoms with Crippen LogP contribution in [0.4, 0.5) is 5.69 Å². The van der Waals surface area contributed by atoms with Crippen LogP contribution in [0.3, 0.4) is 0 Å². The Kier molecular flexibility index (Phi) is 4.53. The van der Waals surface area contributed by atoms with E-state index in [1.165, 1.54) is 11.3 Å². The molecule has 24 heavy (non-hydrogen) atoms. The molecule has 0 aliphatic heterocycles. The molecule has 0 amide bonds. The number of nitrogens with zero attached hydrogens (tertiary/aromatic N) is 1. The minimum atomic E-state index is -0.378. The van der Waals surface area contributed by atoms with E-state index in [-0.39, 0.29) is 10.6 Å². The van der Waals surface area contributed by atoms with Crippen LogP contribution in [0.25, 0.3) is 10.4 Å². The maximum atomic E-state index is 11.7. The first-order valence-corrected chi connectivity index (χ1v) is 8.28. The zero-order valence-electron chi connectivity index (χ0n) is 13.1. The van der Waals surface area contributed by atoms with Gasteiger partial charge < -0.3 is 0 Å². The van der Waals surface area contributed by atoms with Crippen LogP contribution < -0.4 is 0 Å². The summed E-state index contributed by atoms with van der Waals surface area (Å²) in [5.41, 5.74) is 3.31. The van der Waals surface area contributed by atoms with Crippen molar-refractivity contribution in [2.75, 3.05) is 0 Å². The molecule has 2 aromatic carbocycles. The first kappa shape index (κ1) is 16.1. The second-order valence-electron chi connectivity index (χ2n) is 5.53. The second kappa shape index (κ2) is 6.76. The van der Waals surface area contributed by atoms with Gasteiger partial charge in [0.05, 0.1) is 15.4 Å². The molecule has 0 aliphatic carbocycles. The third-order valence-electron chi connectivity index (χ3n) is 3.84. The molecule has 0 N–H and O–H groups in total. The van der Waals surface area contributed by atoms with Crippen LogP contribution in [0.15, 0.2) is 54.6 Å². The quantitative estimate of drug-likeness (QED) is 0.372. The average Bonchev–Trinajstić information content (AvgIpc) is 2.95. The monoisotopic (exact) mass is 337 g/mol. The minimum absolute atomic E-state index is 0.0369. The molecule has 0 fully saturated rings. The molecule has 0 spiro atoms. The van der Waals surface area contributed by atoms with Gasteiger partial charge in [0.25, 0.3) is 5.69 Å². The third kappa shape index (κ3) is 3.12. The number of hydrogen-bond donors (Lipinski definition) is 0. The summed E-state index contributed by atoms with van der Waals surface area (Å²) in [6.07, 6.45) is 1.08. The molecule has 0 saturated carbocycles. The van der Waals surface area contributed by atoms with E-state index in [0.29, 0.717) is 28.0 Å². The zero-order valence-corrected chi connectivity index (χ0v) is 13.9. The van der Waals surface area contributed by atoms with E-state index in [2.05, 4.69) is 0 Å². The van der Waals surface area contributed by atoms with Gasteiger partial charge in [0, 0.05) is 6.42 Å². The Morgan fingerprint density at radius 3 is 2.33 bits per heavy atom. The summed E-state index contributed by atoms with van der Waals surface area (Å²) in [5.74, 6) is 0. The molecule has 0 aliphatic rings. The Balaban J connectivity index is 2.15. The number of nitro groups is 1. The number of rotatable bonds is 5. The molecular formula is C19H15NO3S. The van der Waals surface area contributed by atoms with Gasteiger partial charge in [-0.2, -0.15) is 0 Å². The van der Waals surface area contributed by atoms with Gasteiger partial charge in [-0.15, -0.1) is 11.3 Å². The average molecular weight is 337 g/mol. The molecule has 1 heterocycles. The summed E-state index contributed by atoms with van der Waals surface area (Å²) in [6.45, 7) is 1.96. The molecule has 5 heteroatoms. The molecule has 4 nitrogen and oxygen atoms in total. The number of carbonyl (C=O) groups excluding carboxylic acids is 1. The van der Waals surface area contributed by atoms with E-state index in [1.54, 1.807) is 0 Å². The Hall–Kier alpha value is -2.79. The maximum Gasteiger partial charge on any atom is 0.292 e. The van der Waals surface area contributed by atoms with Crippen LogP contribution in [0.5, 0.6) is 0 Å². The fraction of sp³-hybridized carbons (Fsp3) is 0.105. The van der Waals surface area contributed by atoms with Gasteiger partial charge in [-0.25, -0.2) is 0 Å². The van der Waals surface area contributed by atoms with Crippen molar-refractivity contribution in [3.63, 3.8) is 0 Å². The summed E-state index contributed by atoms with van der Waals surface area (Å²) in [5, 5.41) is 11.7. The number of thiophene rings is 1. The molecule has 0 unspecified atom stereocenters. The molecule has 0 saturated heterocycles. The SMILES string of the molecule is Cc1ccc(-c2sc(C=O)c(Cc3ccccc3)c2[N+](=O)[O-])cc1. The van der Waals surface area contributed by atoms with Gasteiger partial charge in [-0.1, -0.05) is 60.2 Å². The summed E-state index contributed by atoms with van der Waals surface area (Å²) >= 11 is 1.18. The van der Waals surface area contributed by atoms with E-state index in [1.807, 2.05) is 61.5 Å². The van der Waals surface area contributed by atoms with Crippen molar-refractivity contribution < 1.29 is 9.72 Å². The first-order valence-electron chi connectivity index (χ1n) is 7.46. The van der Waals surface area contributed by atoms with Crippen molar-refractivity contribution in [1.29, 1.82) is 0 Å². The third-order valence-corrected chi connectivity index (χ3v) is 5.03. The molecule has 120 valence electrons. The summed E-state index contributed by atoms with van der Waals surface area (Å²) in [6, 6.07) is 17.0. The van der Waals surface area contributed by atoms with Gasteiger partial charge in [0.2, 0.25) is 0 Å². The second-order valence-corrected chi connectivity index (χ2v) is 6.58. The number of aryl methyl sites for hydroxylation is 1.